The minimum atomic E-state index is -0.486. The van der Waals surface area contributed by atoms with Gasteiger partial charge in [0.05, 0.1) is 34.5 Å². The van der Waals surface area contributed by atoms with Crippen LogP contribution in [-0.2, 0) is 19.1 Å². The van der Waals surface area contributed by atoms with Crippen molar-refractivity contribution in [2.45, 2.75) is 6.42 Å². The van der Waals surface area contributed by atoms with Gasteiger partial charge >= 0.3 is 11.9 Å². The van der Waals surface area contributed by atoms with E-state index in [1.807, 2.05) is 12.1 Å². The second-order valence-electron chi connectivity index (χ2n) is 6.24. The van der Waals surface area contributed by atoms with Crippen LogP contribution in [0.25, 0.3) is 12.2 Å². The topological polar surface area (TPSA) is 80.3 Å². The van der Waals surface area contributed by atoms with E-state index < -0.39 is 11.9 Å². The number of ether oxygens (including phenoxy) is 5. The van der Waals surface area contributed by atoms with Gasteiger partial charge in [-0.25, -0.2) is 9.59 Å². The molecule has 164 valence electrons. The van der Waals surface area contributed by atoms with Gasteiger partial charge in [0.2, 0.25) is 0 Å². The summed E-state index contributed by atoms with van der Waals surface area (Å²) in [6.07, 6.45) is 6.34. The first-order valence-electron chi connectivity index (χ1n) is 9.61. The molecule has 0 aliphatic carbocycles. The summed E-state index contributed by atoms with van der Waals surface area (Å²) >= 11 is 0. The molecule has 0 aliphatic rings. The Bertz CT molecular complexity index is 914. The zero-order valence-electron chi connectivity index (χ0n) is 17.8. The summed E-state index contributed by atoms with van der Waals surface area (Å²) in [4.78, 5) is 23.5. The number of carbonyl (C=O) groups is 2. The highest BCUT2D eigenvalue weighted by Gasteiger charge is 2.04. The van der Waals surface area contributed by atoms with Crippen LogP contribution >= 0.6 is 0 Å². The van der Waals surface area contributed by atoms with E-state index in [4.69, 9.17) is 23.7 Å². The molecule has 7 nitrogen and oxygen atoms in total. The van der Waals surface area contributed by atoms with E-state index in [1.165, 1.54) is 12.2 Å². The van der Waals surface area contributed by atoms with E-state index in [0.717, 1.165) is 16.9 Å². The van der Waals surface area contributed by atoms with Crippen LogP contribution in [0.1, 0.15) is 17.5 Å². The maximum atomic E-state index is 11.8. The number of hydrogen-bond acceptors (Lipinski definition) is 7. The molecule has 2 aromatic rings. The molecule has 0 saturated heterocycles. The molecule has 0 N–H and O–H groups in total. The number of benzene rings is 2. The van der Waals surface area contributed by atoms with Gasteiger partial charge in [0.15, 0.2) is 11.5 Å². The zero-order valence-corrected chi connectivity index (χ0v) is 17.8. The van der Waals surface area contributed by atoms with Crippen molar-refractivity contribution >= 4 is 24.1 Å². The number of esters is 2. The Hall–Kier alpha value is -3.74. The second-order valence-corrected chi connectivity index (χ2v) is 6.24. The third kappa shape index (κ3) is 8.26. The van der Waals surface area contributed by atoms with Gasteiger partial charge in [-0.2, -0.15) is 0 Å². The number of methoxy groups -OCH3 is 3. The maximum Gasteiger partial charge on any atom is 0.330 e. The summed E-state index contributed by atoms with van der Waals surface area (Å²) in [7, 11) is 4.69. The molecule has 0 aliphatic heterocycles. The fourth-order valence-electron chi connectivity index (χ4n) is 2.50. The minimum Gasteiger partial charge on any atom is -0.497 e. The normalized spacial score (nSPS) is 10.8. The highest BCUT2D eigenvalue weighted by Crippen LogP contribution is 2.27. The summed E-state index contributed by atoms with van der Waals surface area (Å²) < 4.78 is 25.6. The van der Waals surface area contributed by atoms with Crippen LogP contribution in [0.3, 0.4) is 0 Å². The first-order valence-corrected chi connectivity index (χ1v) is 9.61. The van der Waals surface area contributed by atoms with Gasteiger partial charge in [0.25, 0.3) is 0 Å². The number of rotatable bonds is 11. The molecule has 0 amide bonds. The van der Waals surface area contributed by atoms with Crippen molar-refractivity contribution in [1.82, 2.24) is 0 Å². The second kappa shape index (κ2) is 12.7. The molecule has 0 atom stereocenters. The molecule has 0 radical (unpaired) electrons. The van der Waals surface area contributed by atoms with Crippen molar-refractivity contribution < 1.29 is 33.3 Å². The van der Waals surface area contributed by atoms with Crippen molar-refractivity contribution in [2.75, 3.05) is 34.5 Å². The van der Waals surface area contributed by atoms with E-state index in [-0.39, 0.29) is 13.2 Å². The molecular formula is C24H26O7. The largest absolute Gasteiger partial charge is 0.497 e. The number of hydrogen-bond donors (Lipinski definition) is 0. The predicted octanol–water partition coefficient (Wildman–Crippen LogP) is 3.92. The van der Waals surface area contributed by atoms with Crippen LogP contribution in [0, 0.1) is 0 Å². The maximum absolute atomic E-state index is 11.8. The van der Waals surface area contributed by atoms with E-state index >= 15 is 0 Å². The fraction of sp³-hybridized carbons (Fsp3) is 0.250. The lowest BCUT2D eigenvalue weighted by atomic mass is 10.2. The molecule has 0 unspecified atom stereocenters. The third-order valence-corrected chi connectivity index (χ3v) is 4.12. The quantitative estimate of drug-likeness (QED) is 0.306. The van der Waals surface area contributed by atoms with Crippen molar-refractivity contribution in [3.8, 4) is 17.2 Å². The molecule has 0 fully saturated rings. The number of carbonyl (C=O) groups excluding carboxylic acids is 2. The van der Waals surface area contributed by atoms with Crippen LogP contribution in [0.5, 0.6) is 17.2 Å². The lowest BCUT2D eigenvalue weighted by molar-refractivity contribution is -0.140. The van der Waals surface area contributed by atoms with Gasteiger partial charge < -0.3 is 23.7 Å². The molecule has 0 bridgehead atoms. The Balaban J connectivity index is 1.66. The molecule has 0 spiro atoms. The SMILES string of the molecule is COc1ccc(C=CC(=O)OCCCOC(=O)C=Cc2ccc(OC)c(OC)c2)cc1. The van der Waals surface area contributed by atoms with Gasteiger partial charge in [-0.3, -0.25) is 0 Å². The lowest BCUT2D eigenvalue weighted by Gasteiger charge is -2.07. The molecule has 0 aromatic heterocycles. The molecule has 0 saturated carbocycles. The van der Waals surface area contributed by atoms with E-state index in [9.17, 15) is 9.59 Å². The first kappa shape index (κ1) is 23.5. The molecule has 7 heteroatoms. The van der Waals surface area contributed by atoms with Gasteiger partial charge in [0, 0.05) is 18.6 Å². The molecule has 31 heavy (non-hydrogen) atoms. The average molecular weight is 426 g/mol. The van der Waals surface area contributed by atoms with E-state index in [2.05, 4.69) is 0 Å². The summed E-state index contributed by atoms with van der Waals surface area (Å²) in [6.45, 7) is 0.295. The van der Waals surface area contributed by atoms with Crippen LogP contribution in [0.4, 0.5) is 0 Å². The highest BCUT2D eigenvalue weighted by molar-refractivity contribution is 5.87. The summed E-state index contributed by atoms with van der Waals surface area (Å²) in [5, 5.41) is 0. The van der Waals surface area contributed by atoms with Crippen molar-refractivity contribution in [2.24, 2.45) is 0 Å². The summed E-state index contributed by atoms with van der Waals surface area (Å²) in [6, 6.07) is 12.6. The summed E-state index contributed by atoms with van der Waals surface area (Å²) in [5.41, 5.74) is 1.63. The lowest BCUT2D eigenvalue weighted by Crippen LogP contribution is -2.08. The molecular weight excluding hydrogens is 400 g/mol. The standard InChI is InChI=1S/C24H26O7/c1-27-20-10-5-18(6-11-20)8-13-23(25)30-15-4-16-31-24(26)14-9-19-7-12-21(28-2)22(17-19)29-3/h5-14,17H,4,15-16H2,1-3H3. The van der Waals surface area contributed by atoms with Crippen LogP contribution < -0.4 is 14.2 Å². The molecule has 2 aromatic carbocycles. The molecule has 2 rings (SSSR count). The Morgan fingerprint density at radius 3 is 1.81 bits per heavy atom. The van der Waals surface area contributed by atoms with Crippen molar-refractivity contribution in [3.05, 3.63) is 65.7 Å². The Morgan fingerprint density at radius 1 is 0.710 bits per heavy atom. The predicted molar refractivity (Wildman–Crippen MR) is 117 cm³/mol. The van der Waals surface area contributed by atoms with Crippen molar-refractivity contribution in [3.63, 3.8) is 0 Å². The first-order chi connectivity index (χ1) is 15.0. The van der Waals surface area contributed by atoms with Gasteiger partial charge in [0.1, 0.15) is 5.75 Å². The molecule has 0 heterocycles. The van der Waals surface area contributed by atoms with Gasteiger partial charge in [-0.05, 0) is 47.5 Å². The van der Waals surface area contributed by atoms with Crippen LogP contribution in [0.15, 0.2) is 54.6 Å². The Kier molecular flexibility index (Phi) is 9.68. The zero-order chi connectivity index (χ0) is 22.5. The monoisotopic (exact) mass is 426 g/mol. The van der Waals surface area contributed by atoms with E-state index in [1.54, 1.807) is 63.8 Å². The van der Waals surface area contributed by atoms with E-state index in [0.29, 0.717) is 17.9 Å². The van der Waals surface area contributed by atoms with Crippen molar-refractivity contribution in [1.29, 1.82) is 0 Å². The van der Waals surface area contributed by atoms with Gasteiger partial charge in [-0.15, -0.1) is 0 Å². The minimum absolute atomic E-state index is 0.143. The Morgan fingerprint density at radius 2 is 1.26 bits per heavy atom. The van der Waals surface area contributed by atoms with Crippen LogP contribution in [0.2, 0.25) is 0 Å². The fourth-order valence-corrected chi connectivity index (χ4v) is 2.50. The third-order valence-electron chi connectivity index (χ3n) is 4.12. The highest BCUT2D eigenvalue weighted by atomic mass is 16.5. The smallest absolute Gasteiger partial charge is 0.330 e. The summed E-state index contributed by atoms with van der Waals surface area (Å²) in [5.74, 6) is 0.973. The average Bonchev–Trinajstić information content (AvgIpc) is 2.81. The van der Waals surface area contributed by atoms with Gasteiger partial charge in [-0.1, -0.05) is 18.2 Å². The Labute approximate surface area is 181 Å². The van der Waals surface area contributed by atoms with Crippen LogP contribution in [-0.4, -0.2) is 46.5 Å².